The predicted octanol–water partition coefficient (Wildman–Crippen LogP) is 3.42. The van der Waals surface area contributed by atoms with E-state index in [9.17, 15) is 0 Å². The van der Waals surface area contributed by atoms with Crippen LogP contribution in [-0.4, -0.2) is 35.6 Å². The highest BCUT2D eigenvalue weighted by Crippen LogP contribution is 2.21. The van der Waals surface area contributed by atoms with Crippen molar-refractivity contribution >= 4 is 0 Å². The Morgan fingerprint density at radius 2 is 1.94 bits per heavy atom. The van der Waals surface area contributed by atoms with Crippen LogP contribution in [0.25, 0.3) is 0 Å². The van der Waals surface area contributed by atoms with Crippen LogP contribution >= 0.6 is 0 Å². The molecule has 1 rings (SSSR count). The van der Waals surface area contributed by atoms with Gasteiger partial charge in [-0.1, -0.05) is 19.8 Å². The molecular weight excluding hydrogens is 208 g/mol. The van der Waals surface area contributed by atoms with Gasteiger partial charge in [-0.05, 0) is 53.5 Å². The molecule has 0 spiro atoms. The maximum Gasteiger partial charge on any atom is 0.0195 e. The van der Waals surface area contributed by atoms with Crippen LogP contribution in [0.3, 0.4) is 0 Å². The van der Waals surface area contributed by atoms with Crippen molar-refractivity contribution in [2.45, 2.75) is 84.3 Å². The molecule has 0 saturated carbocycles. The molecule has 1 heterocycles. The Balaban J connectivity index is 2.48. The van der Waals surface area contributed by atoms with Gasteiger partial charge in [0, 0.05) is 24.2 Å². The van der Waals surface area contributed by atoms with E-state index in [4.69, 9.17) is 0 Å². The Kier molecular flexibility index (Phi) is 5.94. The summed E-state index contributed by atoms with van der Waals surface area (Å²) in [5, 5.41) is 3.64. The van der Waals surface area contributed by atoms with Gasteiger partial charge >= 0.3 is 0 Å². The number of rotatable bonds is 4. The van der Waals surface area contributed by atoms with E-state index in [2.05, 4.69) is 44.8 Å². The molecule has 1 N–H and O–H groups in total. The lowest BCUT2D eigenvalue weighted by molar-refractivity contribution is 0.134. The molecule has 1 aliphatic heterocycles. The van der Waals surface area contributed by atoms with Crippen molar-refractivity contribution in [3.05, 3.63) is 0 Å². The minimum Gasteiger partial charge on any atom is -0.311 e. The second kappa shape index (κ2) is 6.75. The monoisotopic (exact) mass is 240 g/mol. The van der Waals surface area contributed by atoms with Crippen LogP contribution in [0.1, 0.15) is 66.7 Å². The van der Waals surface area contributed by atoms with Crippen molar-refractivity contribution in [2.24, 2.45) is 0 Å². The number of likely N-dealkylation sites (tertiary alicyclic amines) is 1. The van der Waals surface area contributed by atoms with Gasteiger partial charge in [-0.2, -0.15) is 0 Å². The lowest BCUT2D eigenvalue weighted by atomic mass is 10.0. The largest absolute Gasteiger partial charge is 0.311 e. The van der Waals surface area contributed by atoms with Crippen molar-refractivity contribution in [2.75, 3.05) is 13.1 Å². The third kappa shape index (κ3) is 5.39. The van der Waals surface area contributed by atoms with E-state index >= 15 is 0 Å². The molecule has 0 aromatic heterocycles. The highest BCUT2D eigenvalue weighted by Gasteiger charge is 2.24. The average molecular weight is 240 g/mol. The number of nitrogens with zero attached hydrogens (tertiary/aromatic N) is 1. The van der Waals surface area contributed by atoms with Crippen LogP contribution < -0.4 is 5.32 Å². The maximum absolute atomic E-state index is 3.64. The van der Waals surface area contributed by atoms with Crippen LogP contribution in [-0.2, 0) is 0 Å². The fourth-order valence-electron chi connectivity index (χ4n) is 2.79. The molecule has 17 heavy (non-hydrogen) atoms. The summed E-state index contributed by atoms with van der Waals surface area (Å²) >= 11 is 0. The zero-order valence-electron chi connectivity index (χ0n) is 12.6. The third-order valence-electron chi connectivity index (χ3n) is 3.89. The van der Waals surface area contributed by atoms with Crippen molar-refractivity contribution < 1.29 is 0 Å². The zero-order valence-corrected chi connectivity index (χ0v) is 12.6. The van der Waals surface area contributed by atoms with E-state index in [-0.39, 0.29) is 5.54 Å². The highest BCUT2D eigenvalue weighted by molar-refractivity contribution is 4.82. The molecule has 0 radical (unpaired) electrons. The lowest BCUT2D eigenvalue weighted by Gasteiger charge is -2.36. The summed E-state index contributed by atoms with van der Waals surface area (Å²) in [4.78, 5) is 2.74. The Morgan fingerprint density at radius 3 is 2.53 bits per heavy atom. The molecule has 1 fully saturated rings. The van der Waals surface area contributed by atoms with E-state index in [0.29, 0.717) is 6.04 Å². The summed E-state index contributed by atoms with van der Waals surface area (Å²) in [6.07, 6.45) is 6.94. The summed E-state index contributed by atoms with van der Waals surface area (Å²) in [5.74, 6) is 0. The molecule has 1 saturated heterocycles. The minimum atomic E-state index is 0.238. The van der Waals surface area contributed by atoms with Gasteiger partial charge in [-0.3, -0.25) is 4.90 Å². The fraction of sp³-hybridized carbons (Fsp3) is 1.00. The SMILES string of the molecule is CCC1CCCCCN1C(C)CNC(C)(C)C. The quantitative estimate of drug-likeness (QED) is 0.810. The molecule has 2 heteroatoms. The van der Waals surface area contributed by atoms with Crippen molar-refractivity contribution in [1.82, 2.24) is 10.2 Å². The first-order chi connectivity index (χ1) is 7.94. The van der Waals surface area contributed by atoms with E-state index in [0.717, 1.165) is 12.6 Å². The summed E-state index contributed by atoms with van der Waals surface area (Å²) < 4.78 is 0. The second-order valence-electron chi connectivity index (χ2n) is 6.63. The second-order valence-corrected chi connectivity index (χ2v) is 6.63. The molecular formula is C15H32N2. The normalized spacial score (nSPS) is 25.6. The van der Waals surface area contributed by atoms with E-state index in [1.165, 1.54) is 38.6 Å². The lowest BCUT2D eigenvalue weighted by Crippen LogP contribution is -2.49. The molecule has 0 aliphatic carbocycles. The summed E-state index contributed by atoms with van der Waals surface area (Å²) in [6.45, 7) is 13.9. The van der Waals surface area contributed by atoms with Crippen LogP contribution in [0.4, 0.5) is 0 Å². The number of hydrogen-bond donors (Lipinski definition) is 1. The first-order valence-electron chi connectivity index (χ1n) is 7.45. The highest BCUT2D eigenvalue weighted by atomic mass is 15.2. The maximum atomic E-state index is 3.64. The van der Waals surface area contributed by atoms with Gasteiger partial charge in [0.05, 0.1) is 0 Å². The van der Waals surface area contributed by atoms with Crippen LogP contribution in [0.2, 0.25) is 0 Å². The topological polar surface area (TPSA) is 15.3 Å². The standard InChI is InChI=1S/C15H32N2/c1-6-14-10-8-7-9-11-17(14)13(2)12-16-15(3,4)5/h13-14,16H,6-12H2,1-5H3. The first kappa shape index (κ1) is 15.0. The minimum absolute atomic E-state index is 0.238. The Bertz CT molecular complexity index is 207. The first-order valence-corrected chi connectivity index (χ1v) is 7.45. The van der Waals surface area contributed by atoms with Gasteiger partial charge in [0.1, 0.15) is 0 Å². The van der Waals surface area contributed by atoms with E-state index in [1.807, 2.05) is 0 Å². The molecule has 102 valence electrons. The van der Waals surface area contributed by atoms with Crippen LogP contribution in [0, 0.1) is 0 Å². The summed E-state index contributed by atoms with van der Waals surface area (Å²) in [5.41, 5.74) is 0.238. The Morgan fingerprint density at radius 1 is 1.24 bits per heavy atom. The average Bonchev–Trinajstić information content (AvgIpc) is 2.49. The van der Waals surface area contributed by atoms with Gasteiger partial charge in [0.25, 0.3) is 0 Å². The number of hydrogen-bond acceptors (Lipinski definition) is 2. The molecule has 0 aromatic rings. The Hall–Kier alpha value is -0.0800. The van der Waals surface area contributed by atoms with Gasteiger partial charge in [0.15, 0.2) is 0 Å². The van der Waals surface area contributed by atoms with E-state index < -0.39 is 0 Å². The fourth-order valence-corrected chi connectivity index (χ4v) is 2.79. The van der Waals surface area contributed by atoms with Crippen molar-refractivity contribution in [1.29, 1.82) is 0 Å². The molecule has 0 amide bonds. The summed E-state index contributed by atoms with van der Waals surface area (Å²) in [6, 6.07) is 1.48. The zero-order chi connectivity index (χ0) is 12.9. The Labute approximate surface area is 108 Å². The van der Waals surface area contributed by atoms with Crippen molar-refractivity contribution in [3.8, 4) is 0 Å². The van der Waals surface area contributed by atoms with Crippen LogP contribution in [0.5, 0.6) is 0 Å². The number of nitrogens with one attached hydrogen (secondary N) is 1. The molecule has 2 unspecified atom stereocenters. The third-order valence-corrected chi connectivity index (χ3v) is 3.89. The predicted molar refractivity (Wildman–Crippen MR) is 76.5 cm³/mol. The molecule has 0 bridgehead atoms. The summed E-state index contributed by atoms with van der Waals surface area (Å²) in [7, 11) is 0. The van der Waals surface area contributed by atoms with E-state index in [1.54, 1.807) is 0 Å². The smallest absolute Gasteiger partial charge is 0.0195 e. The molecule has 0 aromatic carbocycles. The van der Waals surface area contributed by atoms with Crippen LogP contribution in [0.15, 0.2) is 0 Å². The molecule has 2 atom stereocenters. The molecule has 1 aliphatic rings. The van der Waals surface area contributed by atoms with Gasteiger partial charge in [-0.25, -0.2) is 0 Å². The van der Waals surface area contributed by atoms with Gasteiger partial charge < -0.3 is 5.32 Å². The molecule has 2 nitrogen and oxygen atoms in total. The van der Waals surface area contributed by atoms with Crippen molar-refractivity contribution in [3.63, 3.8) is 0 Å². The van der Waals surface area contributed by atoms with Gasteiger partial charge in [0.2, 0.25) is 0 Å². The van der Waals surface area contributed by atoms with Gasteiger partial charge in [-0.15, -0.1) is 0 Å².